The van der Waals surface area contributed by atoms with Crippen LogP contribution >= 0.6 is 11.6 Å². The highest BCUT2D eigenvalue weighted by Crippen LogP contribution is 2.25. The molecule has 162 valence electrons. The third kappa shape index (κ3) is 5.03. The lowest BCUT2D eigenvalue weighted by Crippen LogP contribution is -2.50. The van der Waals surface area contributed by atoms with Crippen molar-refractivity contribution >= 4 is 40.1 Å². The molecule has 2 N–H and O–H groups in total. The molecule has 2 atom stereocenters. The topological polar surface area (TPSA) is 114 Å². The van der Waals surface area contributed by atoms with Crippen LogP contribution in [0.1, 0.15) is 42.9 Å². The fourth-order valence-corrected chi connectivity index (χ4v) is 3.41. The number of nitrogens with one attached hydrogen (secondary N) is 2. The molecule has 0 aliphatic rings. The van der Waals surface area contributed by atoms with Gasteiger partial charge in [-0.05, 0) is 31.0 Å². The molecule has 0 saturated heterocycles. The highest BCUT2D eigenvalue weighted by atomic mass is 35.5. The first-order valence-electron chi connectivity index (χ1n) is 9.71. The van der Waals surface area contributed by atoms with Gasteiger partial charge in [-0.15, -0.1) is 0 Å². The fraction of sp³-hybridized carbons (Fsp3) is 0.273. The van der Waals surface area contributed by atoms with Gasteiger partial charge in [-0.2, -0.15) is 0 Å². The van der Waals surface area contributed by atoms with Crippen molar-refractivity contribution in [1.82, 2.24) is 10.6 Å². The van der Waals surface area contributed by atoms with E-state index < -0.39 is 22.9 Å². The largest absolute Gasteiger partial charge is 0.459 e. The Morgan fingerprint density at radius 2 is 1.77 bits per heavy atom. The van der Waals surface area contributed by atoms with Crippen LogP contribution < -0.4 is 10.6 Å². The quantitative estimate of drug-likeness (QED) is 0.408. The van der Waals surface area contributed by atoms with Crippen LogP contribution in [0.4, 0.5) is 5.69 Å². The van der Waals surface area contributed by atoms with Gasteiger partial charge in [0, 0.05) is 17.5 Å². The van der Waals surface area contributed by atoms with E-state index >= 15 is 0 Å². The van der Waals surface area contributed by atoms with E-state index in [4.69, 9.17) is 16.0 Å². The maximum absolute atomic E-state index is 12.9. The molecule has 1 unspecified atom stereocenters. The molecule has 2 aromatic carbocycles. The number of amides is 2. The van der Waals surface area contributed by atoms with Crippen molar-refractivity contribution in [3.05, 3.63) is 75.0 Å². The summed E-state index contributed by atoms with van der Waals surface area (Å²) in [5.41, 5.74) is 0.551. The maximum atomic E-state index is 12.9. The monoisotopic (exact) mass is 443 g/mol. The number of nitrogens with zero attached hydrogens (tertiary/aromatic N) is 1. The molecule has 0 aliphatic heterocycles. The van der Waals surface area contributed by atoms with Crippen LogP contribution in [0.25, 0.3) is 11.0 Å². The lowest BCUT2D eigenvalue weighted by Gasteiger charge is -2.23. The Kier molecular flexibility index (Phi) is 6.60. The van der Waals surface area contributed by atoms with Crippen LogP contribution in [-0.4, -0.2) is 22.8 Å². The molecule has 9 heteroatoms. The highest BCUT2D eigenvalue weighted by molar-refractivity contribution is 6.34. The summed E-state index contributed by atoms with van der Waals surface area (Å²) in [5, 5.41) is 17.3. The summed E-state index contributed by atoms with van der Waals surface area (Å²) in [7, 11) is 0. The van der Waals surface area contributed by atoms with Gasteiger partial charge in [-0.1, -0.05) is 43.6 Å². The molecule has 3 rings (SSSR count). The number of fused-ring (bicyclic) bond motifs is 1. The number of hydrogen-bond donors (Lipinski definition) is 2. The Bertz CT molecular complexity index is 1110. The minimum atomic E-state index is -0.842. The molecule has 0 spiro atoms. The normalized spacial score (nSPS) is 13.1. The first-order valence-corrected chi connectivity index (χ1v) is 10.1. The third-order valence-corrected chi connectivity index (χ3v) is 5.19. The van der Waals surface area contributed by atoms with Gasteiger partial charge in [0.2, 0.25) is 5.91 Å². The molecular formula is C22H22ClN3O5. The van der Waals surface area contributed by atoms with Crippen molar-refractivity contribution in [3.63, 3.8) is 0 Å². The third-order valence-electron chi connectivity index (χ3n) is 4.87. The second-order valence-electron chi connectivity index (χ2n) is 7.53. The number of nitro benzene ring substituents is 1. The molecule has 0 saturated carbocycles. The van der Waals surface area contributed by atoms with Gasteiger partial charge in [0.05, 0.1) is 21.6 Å². The van der Waals surface area contributed by atoms with E-state index in [1.807, 2.05) is 30.3 Å². The number of benzene rings is 2. The Morgan fingerprint density at radius 1 is 1.06 bits per heavy atom. The predicted molar refractivity (Wildman–Crippen MR) is 117 cm³/mol. The molecule has 1 heterocycles. The van der Waals surface area contributed by atoms with Gasteiger partial charge in [-0.3, -0.25) is 19.7 Å². The van der Waals surface area contributed by atoms with Crippen molar-refractivity contribution in [2.75, 3.05) is 0 Å². The zero-order valence-electron chi connectivity index (χ0n) is 17.2. The number of furan rings is 1. The van der Waals surface area contributed by atoms with Crippen LogP contribution in [0.3, 0.4) is 0 Å². The minimum absolute atomic E-state index is 0.0519. The van der Waals surface area contributed by atoms with E-state index in [0.717, 1.165) is 17.0 Å². The van der Waals surface area contributed by atoms with Gasteiger partial charge >= 0.3 is 0 Å². The SMILES string of the molecule is CC(NC(=O)[C@@H](NC(=O)c1ccc([N+](=O)[O-])cc1Cl)C(C)C)c1cc2ccccc2o1. The molecule has 2 amide bonds. The number of non-ortho nitro benzene ring substituents is 1. The Labute approximate surface area is 183 Å². The maximum Gasteiger partial charge on any atom is 0.270 e. The molecule has 0 radical (unpaired) electrons. The summed E-state index contributed by atoms with van der Waals surface area (Å²) in [6.45, 7) is 5.39. The summed E-state index contributed by atoms with van der Waals surface area (Å²) in [6.07, 6.45) is 0. The summed E-state index contributed by atoms with van der Waals surface area (Å²) in [4.78, 5) is 35.8. The number of carbonyl (C=O) groups is 2. The molecule has 31 heavy (non-hydrogen) atoms. The number of para-hydroxylation sites is 1. The lowest BCUT2D eigenvalue weighted by atomic mass is 10.0. The Hall–Kier alpha value is -3.39. The molecule has 3 aromatic rings. The van der Waals surface area contributed by atoms with Crippen LogP contribution in [0.5, 0.6) is 0 Å². The summed E-state index contributed by atoms with van der Waals surface area (Å²) in [6, 6.07) is 11.7. The van der Waals surface area contributed by atoms with E-state index in [2.05, 4.69) is 10.6 Å². The van der Waals surface area contributed by atoms with Crippen LogP contribution in [-0.2, 0) is 4.79 Å². The van der Waals surface area contributed by atoms with E-state index in [9.17, 15) is 19.7 Å². The summed E-state index contributed by atoms with van der Waals surface area (Å²) >= 11 is 6.04. The average Bonchev–Trinajstić information content (AvgIpc) is 3.15. The standard InChI is InChI=1S/C22H22ClN3O5/c1-12(2)20(25-21(27)16-9-8-15(26(29)30)11-17(16)23)22(28)24-13(3)19-10-14-6-4-5-7-18(14)31-19/h4-13,20H,1-3H3,(H,24,28)(H,25,27)/t13?,20-/m0/s1. The van der Waals surface area contributed by atoms with Gasteiger partial charge < -0.3 is 15.1 Å². The molecule has 1 aromatic heterocycles. The summed E-state index contributed by atoms with van der Waals surface area (Å²) < 4.78 is 5.79. The van der Waals surface area contributed by atoms with E-state index in [-0.39, 0.29) is 28.1 Å². The van der Waals surface area contributed by atoms with E-state index in [0.29, 0.717) is 5.76 Å². The minimum Gasteiger partial charge on any atom is -0.459 e. The molecule has 0 bridgehead atoms. The molecule has 0 aliphatic carbocycles. The van der Waals surface area contributed by atoms with Crippen molar-refractivity contribution in [1.29, 1.82) is 0 Å². The van der Waals surface area contributed by atoms with Gasteiger partial charge in [0.25, 0.3) is 11.6 Å². The van der Waals surface area contributed by atoms with E-state index in [1.165, 1.54) is 12.1 Å². The number of nitro groups is 1. The fourth-order valence-electron chi connectivity index (χ4n) is 3.15. The van der Waals surface area contributed by atoms with Crippen LogP contribution in [0.15, 0.2) is 52.9 Å². The zero-order valence-corrected chi connectivity index (χ0v) is 18.0. The number of halogens is 1. The number of carbonyl (C=O) groups excluding carboxylic acids is 2. The summed E-state index contributed by atoms with van der Waals surface area (Å²) in [5.74, 6) is -0.593. The van der Waals surface area contributed by atoms with Crippen molar-refractivity contribution in [2.45, 2.75) is 32.9 Å². The van der Waals surface area contributed by atoms with Gasteiger partial charge in [-0.25, -0.2) is 0 Å². The Morgan fingerprint density at radius 3 is 2.39 bits per heavy atom. The first-order chi connectivity index (χ1) is 14.7. The first kappa shape index (κ1) is 22.3. The molecule has 0 fully saturated rings. The van der Waals surface area contributed by atoms with Gasteiger partial charge in [0.1, 0.15) is 17.4 Å². The number of rotatable bonds is 7. The van der Waals surface area contributed by atoms with E-state index in [1.54, 1.807) is 20.8 Å². The van der Waals surface area contributed by atoms with Crippen LogP contribution in [0.2, 0.25) is 5.02 Å². The highest BCUT2D eigenvalue weighted by Gasteiger charge is 2.27. The predicted octanol–water partition coefficient (Wildman–Crippen LogP) is 4.63. The smallest absolute Gasteiger partial charge is 0.270 e. The number of hydrogen-bond acceptors (Lipinski definition) is 5. The molecular weight excluding hydrogens is 422 g/mol. The van der Waals surface area contributed by atoms with Gasteiger partial charge in [0.15, 0.2) is 0 Å². The van der Waals surface area contributed by atoms with Crippen LogP contribution in [0, 0.1) is 16.0 Å². The van der Waals surface area contributed by atoms with Crippen molar-refractivity contribution in [3.8, 4) is 0 Å². The Balaban J connectivity index is 1.73. The molecule has 8 nitrogen and oxygen atoms in total. The zero-order chi connectivity index (χ0) is 22.7. The van der Waals surface area contributed by atoms with Crippen molar-refractivity contribution < 1.29 is 18.9 Å². The second-order valence-corrected chi connectivity index (χ2v) is 7.94. The lowest BCUT2D eigenvalue weighted by molar-refractivity contribution is -0.384. The average molecular weight is 444 g/mol. The van der Waals surface area contributed by atoms with Crippen molar-refractivity contribution in [2.24, 2.45) is 5.92 Å². The second kappa shape index (κ2) is 9.18.